The molecule has 10 heteroatoms. The molecule has 3 rings (SSSR count). The number of H-pyrrole nitrogens is 1. The first kappa shape index (κ1) is 21.7. The smallest absolute Gasteiger partial charge is 0.246 e. The SMILES string of the molecule is CC(=O)NSCCN(CCc1ccc(Cl)cc1)C1CCN(c2n[nH]c(N)n2)CC1. The normalized spacial score (nSPS) is 15.1. The van der Waals surface area contributed by atoms with E-state index in [4.69, 9.17) is 17.3 Å². The van der Waals surface area contributed by atoms with E-state index >= 15 is 0 Å². The lowest BCUT2D eigenvalue weighted by atomic mass is 10.0. The number of nitrogens with one attached hydrogen (secondary N) is 2. The number of carbonyl (C=O) groups excluding carboxylic acids is 1. The maximum absolute atomic E-state index is 11.1. The van der Waals surface area contributed by atoms with E-state index in [1.165, 1.54) is 24.4 Å². The Balaban J connectivity index is 1.54. The molecule has 0 bridgehead atoms. The molecule has 2 aromatic rings. The van der Waals surface area contributed by atoms with Crippen molar-refractivity contribution in [2.75, 3.05) is 42.6 Å². The number of rotatable bonds is 9. The van der Waals surface area contributed by atoms with Crippen molar-refractivity contribution in [3.05, 3.63) is 34.9 Å². The van der Waals surface area contributed by atoms with Crippen LogP contribution < -0.4 is 15.4 Å². The van der Waals surface area contributed by atoms with Gasteiger partial charge >= 0.3 is 0 Å². The third-order valence-corrected chi connectivity index (χ3v) is 6.12. The van der Waals surface area contributed by atoms with Gasteiger partial charge in [-0.15, -0.1) is 5.10 Å². The second kappa shape index (κ2) is 10.7. The number of nitrogens with two attached hydrogens (primary N) is 1. The number of nitrogen functional groups attached to an aromatic ring is 1. The summed E-state index contributed by atoms with van der Waals surface area (Å²) in [6, 6.07) is 8.54. The van der Waals surface area contributed by atoms with Crippen LogP contribution in [0.15, 0.2) is 24.3 Å². The summed E-state index contributed by atoms with van der Waals surface area (Å²) in [5.41, 5.74) is 6.93. The summed E-state index contributed by atoms with van der Waals surface area (Å²) in [7, 11) is 0. The molecule has 0 spiro atoms. The Kier molecular flexibility index (Phi) is 8.02. The van der Waals surface area contributed by atoms with E-state index in [-0.39, 0.29) is 5.91 Å². The van der Waals surface area contributed by atoms with Gasteiger partial charge in [0.05, 0.1) is 0 Å². The third kappa shape index (κ3) is 6.80. The maximum atomic E-state index is 11.1. The number of hydrogen-bond donors (Lipinski definition) is 3. The fourth-order valence-corrected chi connectivity index (χ4v) is 4.31. The van der Waals surface area contributed by atoms with E-state index in [1.54, 1.807) is 0 Å². The van der Waals surface area contributed by atoms with Crippen LogP contribution in [0.4, 0.5) is 11.9 Å². The van der Waals surface area contributed by atoms with Gasteiger partial charge in [0.15, 0.2) is 0 Å². The van der Waals surface area contributed by atoms with E-state index in [9.17, 15) is 4.79 Å². The summed E-state index contributed by atoms with van der Waals surface area (Å²) in [5.74, 6) is 1.87. The summed E-state index contributed by atoms with van der Waals surface area (Å²) >= 11 is 7.47. The molecule has 0 radical (unpaired) electrons. The van der Waals surface area contributed by atoms with Gasteiger partial charge in [0.2, 0.25) is 17.8 Å². The van der Waals surface area contributed by atoms with Crippen molar-refractivity contribution in [1.82, 2.24) is 24.8 Å². The number of hydrogen-bond acceptors (Lipinski definition) is 7. The van der Waals surface area contributed by atoms with Crippen LogP contribution in [0.5, 0.6) is 0 Å². The minimum Gasteiger partial charge on any atom is -0.368 e. The highest BCUT2D eigenvalue weighted by Gasteiger charge is 2.26. The molecule has 4 N–H and O–H groups in total. The number of aromatic amines is 1. The zero-order valence-electron chi connectivity index (χ0n) is 16.6. The molecular formula is C19H28ClN7OS. The summed E-state index contributed by atoms with van der Waals surface area (Å²) in [4.78, 5) is 20.1. The van der Waals surface area contributed by atoms with Crippen molar-refractivity contribution >= 4 is 41.4 Å². The van der Waals surface area contributed by atoms with Crippen molar-refractivity contribution in [3.63, 3.8) is 0 Å². The third-order valence-electron chi connectivity index (χ3n) is 5.05. The molecule has 1 aromatic carbocycles. The molecule has 1 aliphatic heterocycles. The number of halogens is 1. The van der Waals surface area contributed by atoms with Crippen LogP contribution in [0.25, 0.3) is 0 Å². The van der Waals surface area contributed by atoms with E-state index < -0.39 is 0 Å². The zero-order valence-corrected chi connectivity index (χ0v) is 18.2. The van der Waals surface area contributed by atoms with Gasteiger partial charge in [-0.3, -0.25) is 9.69 Å². The van der Waals surface area contributed by atoms with Crippen molar-refractivity contribution in [2.24, 2.45) is 0 Å². The molecule has 158 valence electrons. The molecule has 1 fully saturated rings. The fraction of sp³-hybridized carbons (Fsp3) is 0.526. The van der Waals surface area contributed by atoms with Gasteiger partial charge in [-0.2, -0.15) is 4.98 Å². The number of aromatic nitrogens is 3. The summed E-state index contributed by atoms with van der Waals surface area (Å²) < 4.78 is 2.81. The van der Waals surface area contributed by atoms with E-state index in [0.717, 1.165) is 56.2 Å². The largest absolute Gasteiger partial charge is 0.368 e. The first-order valence-corrected chi connectivity index (χ1v) is 11.2. The number of benzene rings is 1. The molecule has 0 unspecified atom stereocenters. The van der Waals surface area contributed by atoms with Crippen LogP contribution in [0, 0.1) is 0 Å². The van der Waals surface area contributed by atoms with Crippen LogP contribution in [0.1, 0.15) is 25.3 Å². The first-order chi connectivity index (χ1) is 14.0. The number of anilines is 2. The van der Waals surface area contributed by atoms with Crippen LogP contribution in [0.2, 0.25) is 5.02 Å². The summed E-state index contributed by atoms with van der Waals surface area (Å²) in [6.07, 6.45) is 3.05. The lowest BCUT2D eigenvalue weighted by Gasteiger charge is -2.38. The molecule has 8 nitrogen and oxygen atoms in total. The molecule has 1 aromatic heterocycles. The van der Waals surface area contributed by atoms with Gasteiger partial charge in [-0.05, 0) is 48.9 Å². The number of nitrogens with zero attached hydrogens (tertiary/aromatic N) is 4. The second-order valence-electron chi connectivity index (χ2n) is 7.16. The highest BCUT2D eigenvalue weighted by atomic mass is 35.5. The molecule has 0 saturated carbocycles. The van der Waals surface area contributed by atoms with E-state index in [1.807, 2.05) is 12.1 Å². The Hall–Kier alpha value is -1.97. The minimum atomic E-state index is -0.0122. The predicted octanol–water partition coefficient (Wildman–Crippen LogP) is 2.34. The first-order valence-electron chi connectivity index (χ1n) is 9.81. The van der Waals surface area contributed by atoms with Gasteiger partial charge in [0, 0.05) is 49.9 Å². The van der Waals surface area contributed by atoms with Gasteiger partial charge in [0.25, 0.3) is 0 Å². The quantitative estimate of drug-likeness (QED) is 0.408. The van der Waals surface area contributed by atoms with Crippen molar-refractivity contribution in [3.8, 4) is 0 Å². The molecule has 1 saturated heterocycles. The Morgan fingerprint density at radius 3 is 2.69 bits per heavy atom. The summed E-state index contributed by atoms with van der Waals surface area (Å²) in [6.45, 7) is 5.24. The Labute approximate surface area is 180 Å². The fourth-order valence-electron chi connectivity index (χ4n) is 3.55. The Morgan fingerprint density at radius 2 is 2.07 bits per heavy atom. The van der Waals surface area contributed by atoms with Crippen LogP contribution >= 0.6 is 23.5 Å². The van der Waals surface area contributed by atoms with Crippen LogP contribution in [-0.2, 0) is 11.2 Å². The minimum absolute atomic E-state index is 0.0122. The number of amides is 1. The maximum Gasteiger partial charge on any atom is 0.246 e. The Morgan fingerprint density at radius 1 is 1.34 bits per heavy atom. The lowest BCUT2D eigenvalue weighted by molar-refractivity contribution is -0.117. The molecule has 0 atom stereocenters. The molecular weight excluding hydrogens is 410 g/mol. The molecule has 29 heavy (non-hydrogen) atoms. The van der Waals surface area contributed by atoms with Crippen molar-refractivity contribution < 1.29 is 4.79 Å². The number of carbonyl (C=O) groups is 1. The van der Waals surface area contributed by atoms with Crippen molar-refractivity contribution in [1.29, 1.82) is 0 Å². The van der Waals surface area contributed by atoms with Gasteiger partial charge in [0.1, 0.15) is 0 Å². The molecule has 1 amide bonds. The standard InChI is InChI=1S/C19H28ClN7OS/c1-14(28)25-29-13-12-26(9-6-15-2-4-16(20)5-3-15)17-7-10-27(11-8-17)19-22-18(21)23-24-19/h2-5,17H,6-13H2,1H3,(H,25,28)(H3,21,22,23,24). The van der Waals surface area contributed by atoms with E-state index in [0.29, 0.717) is 17.9 Å². The lowest BCUT2D eigenvalue weighted by Crippen LogP contribution is -2.46. The Bertz CT molecular complexity index is 777. The van der Waals surface area contributed by atoms with Crippen LogP contribution in [-0.4, -0.2) is 64.0 Å². The average molecular weight is 438 g/mol. The van der Waals surface area contributed by atoms with Crippen molar-refractivity contribution in [2.45, 2.75) is 32.2 Å². The zero-order chi connectivity index (χ0) is 20.6. The average Bonchev–Trinajstić information content (AvgIpc) is 3.15. The van der Waals surface area contributed by atoms with Gasteiger partial charge in [-0.1, -0.05) is 23.7 Å². The molecule has 0 aliphatic carbocycles. The van der Waals surface area contributed by atoms with Crippen LogP contribution in [0.3, 0.4) is 0 Å². The second-order valence-corrected chi connectivity index (χ2v) is 8.50. The highest BCUT2D eigenvalue weighted by Crippen LogP contribution is 2.21. The highest BCUT2D eigenvalue weighted by molar-refractivity contribution is 7.97. The molecule has 2 heterocycles. The van der Waals surface area contributed by atoms with Gasteiger partial charge in [-0.25, -0.2) is 5.10 Å². The topological polar surface area (TPSA) is 103 Å². The van der Waals surface area contributed by atoms with Gasteiger partial charge < -0.3 is 15.4 Å². The summed E-state index contributed by atoms with van der Waals surface area (Å²) in [5, 5.41) is 7.63. The van der Waals surface area contributed by atoms with E-state index in [2.05, 4.69) is 41.8 Å². The number of piperidine rings is 1. The predicted molar refractivity (Wildman–Crippen MR) is 119 cm³/mol. The molecule has 1 aliphatic rings. The monoisotopic (exact) mass is 437 g/mol.